The Morgan fingerprint density at radius 1 is 1.12 bits per heavy atom. The predicted molar refractivity (Wildman–Crippen MR) is 102 cm³/mol. The summed E-state index contributed by atoms with van der Waals surface area (Å²) >= 11 is 0. The van der Waals surface area contributed by atoms with Crippen molar-refractivity contribution in [2.45, 2.75) is 37.5 Å². The number of rotatable bonds is 8. The fraction of sp³-hybridized carbons (Fsp3) is 0.350. The lowest BCUT2D eigenvalue weighted by atomic mass is 10.0. The number of esters is 1. The molecule has 0 aliphatic heterocycles. The molecule has 2 aromatic carbocycles. The molecule has 0 radical (unpaired) electrons. The second-order valence-electron chi connectivity index (χ2n) is 6.42. The van der Waals surface area contributed by atoms with Crippen LogP contribution >= 0.6 is 0 Å². The van der Waals surface area contributed by atoms with Crippen molar-refractivity contribution >= 4 is 16.0 Å². The molecule has 0 heterocycles. The van der Waals surface area contributed by atoms with E-state index in [-0.39, 0.29) is 10.5 Å². The fourth-order valence-corrected chi connectivity index (χ4v) is 3.68. The summed E-state index contributed by atoms with van der Waals surface area (Å²) in [5, 5.41) is 0. The standard InChI is InChI=1S/C20H25NO4S/c1-15(2)17-11-9-16(10-12-17)6-5-13-21-26(23,24)19-8-4-7-18(14-19)20(22)25-3/h4,7-12,14-15,21H,5-6,13H2,1-3H3. The van der Waals surface area contributed by atoms with Crippen LogP contribution in [0.25, 0.3) is 0 Å². The van der Waals surface area contributed by atoms with E-state index in [2.05, 4.69) is 47.6 Å². The van der Waals surface area contributed by atoms with E-state index in [1.54, 1.807) is 0 Å². The number of aryl methyl sites for hydroxylation is 1. The monoisotopic (exact) mass is 375 g/mol. The Kier molecular flexibility index (Phi) is 6.94. The van der Waals surface area contributed by atoms with E-state index in [0.29, 0.717) is 18.9 Å². The molecule has 0 spiro atoms. The van der Waals surface area contributed by atoms with Crippen molar-refractivity contribution in [3.8, 4) is 0 Å². The molecule has 26 heavy (non-hydrogen) atoms. The Morgan fingerprint density at radius 2 is 1.81 bits per heavy atom. The molecule has 0 fully saturated rings. The van der Waals surface area contributed by atoms with Gasteiger partial charge in [-0.2, -0.15) is 0 Å². The van der Waals surface area contributed by atoms with Gasteiger partial charge < -0.3 is 4.74 Å². The maximum Gasteiger partial charge on any atom is 0.337 e. The quantitative estimate of drug-likeness (QED) is 0.566. The van der Waals surface area contributed by atoms with E-state index in [4.69, 9.17) is 0 Å². The van der Waals surface area contributed by atoms with Gasteiger partial charge in [0, 0.05) is 6.54 Å². The maximum atomic E-state index is 12.4. The van der Waals surface area contributed by atoms with Crippen LogP contribution in [0.4, 0.5) is 0 Å². The molecule has 2 rings (SSSR count). The van der Waals surface area contributed by atoms with Gasteiger partial charge in [0.2, 0.25) is 10.0 Å². The zero-order valence-electron chi connectivity index (χ0n) is 15.4. The summed E-state index contributed by atoms with van der Waals surface area (Å²) < 4.78 is 31.9. The Bertz CT molecular complexity index is 842. The van der Waals surface area contributed by atoms with Crippen LogP contribution in [-0.4, -0.2) is 28.0 Å². The Morgan fingerprint density at radius 3 is 2.42 bits per heavy atom. The molecule has 0 aromatic heterocycles. The van der Waals surface area contributed by atoms with Gasteiger partial charge in [0.05, 0.1) is 17.6 Å². The second kappa shape index (κ2) is 8.96. The van der Waals surface area contributed by atoms with Crippen LogP contribution < -0.4 is 4.72 Å². The zero-order valence-corrected chi connectivity index (χ0v) is 16.2. The highest BCUT2D eigenvalue weighted by atomic mass is 32.2. The van der Waals surface area contributed by atoms with Crippen molar-refractivity contribution in [1.82, 2.24) is 4.72 Å². The largest absolute Gasteiger partial charge is 0.465 e. The molecule has 0 saturated carbocycles. The van der Waals surface area contributed by atoms with Gasteiger partial charge in [0.1, 0.15) is 0 Å². The molecule has 0 saturated heterocycles. The van der Waals surface area contributed by atoms with Crippen molar-refractivity contribution in [3.63, 3.8) is 0 Å². The van der Waals surface area contributed by atoms with Crippen molar-refractivity contribution in [3.05, 3.63) is 65.2 Å². The highest BCUT2D eigenvalue weighted by Crippen LogP contribution is 2.16. The topological polar surface area (TPSA) is 72.5 Å². The van der Waals surface area contributed by atoms with E-state index in [9.17, 15) is 13.2 Å². The molecule has 0 amide bonds. The third kappa shape index (κ3) is 5.41. The summed E-state index contributed by atoms with van der Waals surface area (Å²) in [5.74, 6) is -0.0662. The number of hydrogen-bond acceptors (Lipinski definition) is 4. The number of methoxy groups -OCH3 is 1. The van der Waals surface area contributed by atoms with E-state index >= 15 is 0 Å². The fourth-order valence-electron chi connectivity index (χ4n) is 2.56. The smallest absolute Gasteiger partial charge is 0.337 e. The van der Waals surface area contributed by atoms with Crippen molar-refractivity contribution in [1.29, 1.82) is 0 Å². The number of hydrogen-bond donors (Lipinski definition) is 1. The van der Waals surface area contributed by atoms with Gasteiger partial charge in [-0.3, -0.25) is 0 Å². The average molecular weight is 375 g/mol. The summed E-state index contributed by atoms with van der Waals surface area (Å²) in [6.45, 7) is 4.63. The minimum Gasteiger partial charge on any atom is -0.465 e. The van der Waals surface area contributed by atoms with Crippen molar-refractivity contribution < 1.29 is 17.9 Å². The third-order valence-corrected chi connectivity index (χ3v) is 5.60. The van der Waals surface area contributed by atoms with Gasteiger partial charge in [-0.15, -0.1) is 0 Å². The van der Waals surface area contributed by atoms with Crippen molar-refractivity contribution in [2.24, 2.45) is 0 Å². The minimum atomic E-state index is -3.65. The normalized spacial score (nSPS) is 11.5. The van der Waals surface area contributed by atoms with Crippen LogP contribution in [0.1, 0.15) is 47.7 Å². The van der Waals surface area contributed by atoms with E-state index in [0.717, 1.165) is 6.42 Å². The van der Waals surface area contributed by atoms with Gasteiger partial charge in [0.25, 0.3) is 0 Å². The van der Waals surface area contributed by atoms with Gasteiger partial charge in [0.15, 0.2) is 0 Å². The molecule has 140 valence electrons. The number of benzene rings is 2. The minimum absolute atomic E-state index is 0.0571. The second-order valence-corrected chi connectivity index (χ2v) is 8.18. The maximum absolute atomic E-state index is 12.4. The van der Waals surface area contributed by atoms with Gasteiger partial charge in [-0.25, -0.2) is 17.9 Å². The first kappa shape index (κ1) is 20.1. The van der Waals surface area contributed by atoms with Crippen LogP contribution in [0.15, 0.2) is 53.4 Å². The van der Waals surface area contributed by atoms with Crippen LogP contribution in [0.5, 0.6) is 0 Å². The number of nitrogens with one attached hydrogen (secondary N) is 1. The number of carbonyl (C=O) groups is 1. The van der Waals surface area contributed by atoms with Crippen LogP contribution in [0.3, 0.4) is 0 Å². The SMILES string of the molecule is COC(=O)c1cccc(S(=O)(=O)NCCCc2ccc(C(C)C)cc2)c1. The van der Waals surface area contributed by atoms with Crippen LogP contribution in [0, 0.1) is 0 Å². The molecule has 0 bridgehead atoms. The molecule has 0 atom stereocenters. The van der Waals surface area contributed by atoms with Gasteiger partial charge in [-0.1, -0.05) is 44.2 Å². The highest BCUT2D eigenvalue weighted by Gasteiger charge is 2.16. The van der Waals surface area contributed by atoms with Crippen LogP contribution in [-0.2, 0) is 21.2 Å². The highest BCUT2D eigenvalue weighted by molar-refractivity contribution is 7.89. The first-order valence-electron chi connectivity index (χ1n) is 8.60. The summed E-state index contributed by atoms with van der Waals surface area (Å²) in [4.78, 5) is 11.6. The summed E-state index contributed by atoms with van der Waals surface area (Å²) in [7, 11) is -2.40. The van der Waals surface area contributed by atoms with E-state index < -0.39 is 16.0 Å². The molecular weight excluding hydrogens is 350 g/mol. The van der Waals surface area contributed by atoms with Crippen molar-refractivity contribution in [2.75, 3.05) is 13.7 Å². The molecule has 0 unspecified atom stereocenters. The molecule has 2 aromatic rings. The van der Waals surface area contributed by atoms with Gasteiger partial charge >= 0.3 is 5.97 Å². The molecular formula is C20H25NO4S. The number of sulfonamides is 1. The van der Waals surface area contributed by atoms with E-state index in [1.807, 2.05) is 0 Å². The molecule has 0 aliphatic rings. The summed E-state index contributed by atoms with van der Waals surface area (Å²) in [6.07, 6.45) is 1.49. The number of ether oxygens (including phenoxy) is 1. The first-order chi connectivity index (χ1) is 12.3. The molecule has 6 heteroatoms. The summed E-state index contributed by atoms with van der Waals surface area (Å²) in [5.41, 5.74) is 2.68. The predicted octanol–water partition coefficient (Wildman–Crippen LogP) is 3.51. The zero-order chi connectivity index (χ0) is 19.2. The van der Waals surface area contributed by atoms with Gasteiger partial charge in [-0.05, 0) is 48.1 Å². The summed E-state index contributed by atoms with van der Waals surface area (Å²) in [6, 6.07) is 14.2. The van der Waals surface area contributed by atoms with Crippen LogP contribution in [0.2, 0.25) is 0 Å². The third-order valence-electron chi connectivity index (χ3n) is 4.15. The Balaban J connectivity index is 1.91. The molecule has 1 N–H and O–H groups in total. The lowest BCUT2D eigenvalue weighted by Gasteiger charge is -2.09. The lowest BCUT2D eigenvalue weighted by molar-refractivity contribution is 0.0600. The Labute approximate surface area is 155 Å². The van der Waals surface area contributed by atoms with E-state index in [1.165, 1.54) is 42.5 Å². The lowest BCUT2D eigenvalue weighted by Crippen LogP contribution is -2.25. The molecule has 0 aliphatic carbocycles. The Hall–Kier alpha value is -2.18. The average Bonchev–Trinajstić information content (AvgIpc) is 2.65. The first-order valence-corrected chi connectivity index (χ1v) is 10.1. The molecule has 5 nitrogen and oxygen atoms in total. The number of carbonyl (C=O) groups excluding carboxylic acids is 1.